The van der Waals surface area contributed by atoms with Gasteiger partial charge in [-0.1, -0.05) is 33.1 Å². The predicted molar refractivity (Wildman–Crippen MR) is 87.5 cm³/mol. The highest BCUT2D eigenvalue weighted by atomic mass is 16.2. The minimum absolute atomic E-state index is 0.186. The summed E-state index contributed by atoms with van der Waals surface area (Å²) in [6.45, 7) is 8.21. The lowest BCUT2D eigenvalue weighted by Crippen LogP contribution is -2.54. The van der Waals surface area contributed by atoms with Crippen LogP contribution in [0.1, 0.15) is 59.3 Å². The van der Waals surface area contributed by atoms with Crippen LogP contribution in [-0.4, -0.2) is 42.0 Å². The van der Waals surface area contributed by atoms with Crippen molar-refractivity contribution < 1.29 is 9.59 Å². The molecular formula is C17H31N3O2. The number of carbonyl (C=O) groups excluding carboxylic acids is 2. The summed E-state index contributed by atoms with van der Waals surface area (Å²) in [4.78, 5) is 26.5. The molecule has 2 aliphatic rings. The Labute approximate surface area is 134 Å². The third-order valence-electron chi connectivity index (χ3n) is 5.00. The van der Waals surface area contributed by atoms with Gasteiger partial charge in [-0.2, -0.15) is 0 Å². The summed E-state index contributed by atoms with van der Waals surface area (Å²) in [5.74, 6) is 1.03. The molecule has 0 aromatic rings. The molecule has 126 valence electrons. The molecule has 0 spiro atoms. The quantitative estimate of drug-likeness (QED) is 0.842. The van der Waals surface area contributed by atoms with Crippen LogP contribution in [0, 0.1) is 11.8 Å². The molecule has 0 bridgehead atoms. The number of urea groups is 1. The van der Waals surface area contributed by atoms with Gasteiger partial charge in [-0.15, -0.1) is 0 Å². The molecule has 3 atom stereocenters. The van der Waals surface area contributed by atoms with Crippen molar-refractivity contribution in [2.45, 2.75) is 71.4 Å². The lowest BCUT2D eigenvalue weighted by Gasteiger charge is -2.38. The summed E-state index contributed by atoms with van der Waals surface area (Å²) in [6.07, 6.45) is 6.85. The van der Waals surface area contributed by atoms with Crippen molar-refractivity contribution in [2.75, 3.05) is 13.1 Å². The van der Waals surface area contributed by atoms with Crippen LogP contribution >= 0.6 is 0 Å². The molecule has 3 amide bonds. The van der Waals surface area contributed by atoms with Crippen LogP contribution in [0.15, 0.2) is 0 Å². The zero-order valence-electron chi connectivity index (χ0n) is 14.2. The van der Waals surface area contributed by atoms with Gasteiger partial charge in [0.15, 0.2) is 0 Å². The van der Waals surface area contributed by atoms with E-state index in [1.54, 1.807) is 0 Å². The first-order valence-corrected chi connectivity index (χ1v) is 8.81. The molecule has 5 heteroatoms. The summed E-state index contributed by atoms with van der Waals surface area (Å²) < 4.78 is 0. The van der Waals surface area contributed by atoms with E-state index < -0.39 is 0 Å². The fraction of sp³-hybridized carbons (Fsp3) is 0.882. The maximum absolute atomic E-state index is 12.3. The van der Waals surface area contributed by atoms with E-state index in [9.17, 15) is 9.59 Å². The number of likely N-dealkylation sites (tertiary alicyclic amines) is 1. The molecule has 1 aliphatic carbocycles. The predicted octanol–water partition coefficient (Wildman–Crippen LogP) is 2.51. The standard InChI is InChI=1S/C17H31N3O2/c1-12-9-13(2)11-20(10-12)14(3)16(21)19-17(22)18-15-7-5-4-6-8-15/h12-15H,4-11H2,1-3H3,(H2,18,19,21,22)/t12-,13+,14-/m0/s1. The fourth-order valence-electron chi connectivity index (χ4n) is 3.88. The lowest BCUT2D eigenvalue weighted by molar-refractivity contribution is -0.125. The van der Waals surface area contributed by atoms with Gasteiger partial charge in [0.05, 0.1) is 6.04 Å². The Hall–Kier alpha value is -1.10. The lowest BCUT2D eigenvalue weighted by atomic mass is 9.91. The summed E-state index contributed by atoms with van der Waals surface area (Å²) in [6, 6.07) is -0.351. The summed E-state index contributed by atoms with van der Waals surface area (Å²) in [5.41, 5.74) is 0. The molecule has 0 aromatic carbocycles. The highest BCUT2D eigenvalue weighted by Crippen LogP contribution is 2.22. The van der Waals surface area contributed by atoms with E-state index in [-0.39, 0.29) is 24.0 Å². The van der Waals surface area contributed by atoms with Crippen LogP contribution < -0.4 is 10.6 Å². The van der Waals surface area contributed by atoms with E-state index in [4.69, 9.17) is 0 Å². The topological polar surface area (TPSA) is 61.4 Å². The third kappa shape index (κ3) is 4.97. The molecule has 1 saturated heterocycles. The van der Waals surface area contributed by atoms with Crippen molar-refractivity contribution in [1.82, 2.24) is 15.5 Å². The Morgan fingerprint density at radius 3 is 2.23 bits per heavy atom. The number of nitrogens with zero attached hydrogens (tertiary/aromatic N) is 1. The molecule has 1 aliphatic heterocycles. The van der Waals surface area contributed by atoms with Gasteiger partial charge >= 0.3 is 6.03 Å². The van der Waals surface area contributed by atoms with Gasteiger partial charge in [0.2, 0.25) is 5.91 Å². The van der Waals surface area contributed by atoms with E-state index in [1.807, 2.05) is 6.92 Å². The Morgan fingerprint density at radius 2 is 1.64 bits per heavy atom. The molecule has 1 heterocycles. The Bertz CT molecular complexity index is 383. The number of imide groups is 1. The smallest absolute Gasteiger partial charge is 0.321 e. The van der Waals surface area contributed by atoms with Crippen molar-refractivity contribution in [2.24, 2.45) is 11.8 Å². The maximum atomic E-state index is 12.3. The second-order valence-electron chi connectivity index (χ2n) is 7.37. The second kappa shape index (κ2) is 7.95. The molecule has 0 radical (unpaired) electrons. The molecule has 22 heavy (non-hydrogen) atoms. The van der Waals surface area contributed by atoms with E-state index >= 15 is 0 Å². The van der Waals surface area contributed by atoms with E-state index in [0.29, 0.717) is 11.8 Å². The first-order valence-electron chi connectivity index (χ1n) is 8.81. The SMILES string of the molecule is C[C@@H]1C[C@H](C)CN([C@@H](C)C(=O)NC(=O)NC2CCCCC2)C1. The Morgan fingerprint density at radius 1 is 1.05 bits per heavy atom. The molecule has 0 unspecified atom stereocenters. The zero-order valence-corrected chi connectivity index (χ0v) is 14.2. The number of hydrogen-bond acceptors (Lipinski definition) is 3. The van der Waals surface area contributed by atoms with Crippen molar-refractivity contribution in [3.8, 4) is 0 Å². The van der Waals surface area contributed by atoms with Crippen molar-refractivity contribution in [1.29, 1.82) is 0 Å². The minimum atomic E-state index is -0.332. The number of carbonyl (C=O) groups is 2. The number of rotatable bonds is 3. The number of piperidine rings is 1. The van der Waals surface area contributed by atoms with Crippen molar-refractivity contribution >= 4 is 11.9 Å². The van der Waals surface area contributed by atoms with Crippen LogP contribution in [0.2, 0.25) is 0 Å². The van der Waals surface area contributed by atoms with Crippen LogP contribution in [0.3, 0.4) is 0 Å². The summed E-state index contributed by atoms with van der Waals surface area (Å²) >= 11 is 0. The molecular weight excluding hydrogens is 278 g/mol. The fourth-order valence-corrected chi connectivity index (χ4v) is 3.88. The number of amides is 3. The maximum Gasteiger partial charge on any atom is 0.321 e. The van der Waals surface area contributed by atoms with Gasteiger partial charge in [0.1, 0.15) is 0 Å². The average molecular weight is 309 g/mol. The Balaban J connectivity index is 1.78. The Kier molecular flexibility index (Phi) is 6.24. The van der Waals surface area contributed by atoms with Crippen LogP contribution in [0.5, 0.6) is 0 Å². The van der Waals surface area contributed by atoms with Gasteiger partial charge in [0, 0.05) is 19.1 Å². The number of hydrogen-bond donors (Lipinski definition) is 2. The normalized spacial score (nSPS) is 28.9. The highest BCUT2D eigenvalue weighted by molar-refractivity contribution is 5.96. The van der Waals surface area contributed by atoms with Gasteiger partial charge < -0.3 is 5.32 Å². The van der Waals surface area contributed by atoms with E-state index in [1.165, 1.54) is 25.7 Å². The first-order chi connectivity index (χ1) is 10.5. The number of nitrogens with one attached hydrogen (secondary N) is 2. The van der Waals surface area contributed by atoms with E-state index in [2.05, 4.69) is 29.4 Å². The van der Waals surface area contributed by atoms with Gasteiger partial charge in [0.25, 0.3) is 0 Å². The van der Waals surface area contributed by atoms with Gasteiger partial charge in [-0.25, -0.2) is 4.79 Å². The van der Waals surface area contributed by atoms with E-state index in [0.717, 1.165) is 25.9 Å². The minimum Gasteiger partial charge on any atom is -0.335 e. The first kappa shape index (κ1) is 17.3. The molecule has 1 saturated carbocycles. The summed E-state index contributed by atoms with van der Waals surface area (Å²) in [7, 11) is 0. The largest absolute Gasteiger partial charge is 0.335 e. The van der Waals surface area contributed by atoms with Crippen LogP contribution in [0.25, 0.3) is 0 Å². The zero-order chi connectivity index (χ0) is 16.1. The highest BCUT2D eigenvalue weighted by Gasteiger charge is 2.29. The second-order valence-corrected chi connectivity index (χ2v) is 7.37. The molecule has 5 nitrogen and oxygen atoms in total. The molecule has 2 N–H and O–H groups in total. The average Bonchev–Trinajstić information content (AvgIpc) is 2.46. The molecule has 2 rings (SSSR count). The van der Waals surface area contributed by atoms with Crippen molar-refractivity contribution in [3.63, 3.8) is 0 Å². The third-order valence-corrected chi connectivity index (χ3v) is 5.00. The molecule has 2 fully saturated rings. The summed E-state index contributed by atoms with van der Waals surface area (Å²) in [5, 5.41) is 5.46. The van der Waals surface area contributed by atoms with Crippen LogP contribution in [0.4, 0.5) is 4.79 Å². The van der Waals surface area contributed by atoms with Gasteiger partial charge in [-0.3, -0.25) is 15.0 Å². The van der Waals surface area contributed by atoms with Crippen molar-refractivity contribution in [3.05, 3.63) is 0 Å². The molecule has 0 aromatic heterocycles. The van der Waals surface area contributed by atoms with Gasteiger partial charge in [-0.05, 0) is 38.0 Å². The van der Waals surface area contributed by atoms with Crippen LogP contribution in [-0.2, 0) is 4.79 Å². The monoisotopic (exact) mass is 309 g/mol.